The van der Waals surface area contributed by atoms with Crippen LogP contribution >= 0.6 is 33.9 Å². The highest BCUT2D eigenvalue weighted by Crippen LogP contribution is 2.33. The Bertz CT molecular complexity index is 875. The molecule has 134 valence electrons. The number of carbonyl (C=O) groups excluding carboxylic acids is 2. The van der Waals surface area contributed by atoms with Crippen molar-refractivity contribution in [3.63, 3.8) is 0 Å². The van der Waals surface area contributed by atoms with Crippen LogP contribution in [0.3, 0.4) is 0 Å². The fraction of sp³-hybridized carbons (Fsp3) is 0.316. The Morgan fingerprint density at radius 2 is 2.00 bits per heavy atom. The largest absolute Gasteiger partial charge is 0.496 e. The van der Waals surface area contributed by atoms with Crippen molar-refractivity contribution in [1.29, 1.82) is 0 Å². The molecule has 1 aromatic carbocycles. The number of Topliss-reactive ketones (excluding diaryl/α,β-unsaturated/α-hetero) is 1. The molecule has 2 unspecified atom stereocenters. The van der Waals surface area contributed by atoms with E-state index in [4.69, 9.17) is 4.74 Å². The molecule has 1 aliphatic heterocycles. The number of fused-ring (bicyclic) bond motifs is 1. The van der Waals surface area contributed by atoms with Crippen molar-refractivity contribution >= 4 is 50.7 Å². The Labute approximate surface area is 169 Å². The third-order valence-corrected chi connectivity index (χ3v) is 6.25. The molecule has 2 aromatic rings. The van der Waals surface area contributed by atoms with E-state index < -0.39 is 5.91 Å². The van der Waals surface area contributed by atoms with E-state index in [0.717, 1.165) is 40.5 Å². The lowest BCUT2D eigenvalue weighted by atomic mass is 9.80. The van der Waals surface area contributed by atoms with Gasteiger partial charge in [-0.2, -0.15) is 0 Å². The first-order valence-corrected chi connectivity index (χ1v) is 10.5. The van der Waals surface area contributed by atoms with Gasteiger partial charge in [-0.3, -0.25) is 14.9 Å². The predicted molar refractivity (Wildman–Crippen MR) is 109 cm³/mol. The van der Waals surface area contributed by atoms with Crippen molar-refractivity contribution in [2.75, 3.05) is 5.32 Å². The van der Waals surface area contributed by atoms with Crippen LogP contribution in [-0.4, -0.2) is 22.8 Å². The molecular formula is C19H17IN2O3S. The highest BCUT2D eigenvalue weighted by molar-refractivity contribution is 14.1. The molecule has 1 aliphatic carbocycles. The first-order chi connectivity index (χ1) is 12.6. The third kappa shape index (κ3) is 3.55. The number of halogens is 1. The number of nitrogens with zero attached hydrogens (tertiary/aromatic N) is 1. The van der Waals surface area contributed by atoms with Crippen molar-refractivity contribution in [2.24, 2.45) is 5.92 Å². The molecule has 1 fully saturated rings. The van der Waals surface area contributed by atoms with Crippen molar-refractivity contribution in [1.82, 2.24) is 4.98 Å². The number of ether oxygens (including phenoxy) is 1. The zero-order valence-electron chi connectivity index (χ0n) is 13.9. The predicted octanol–water partition coefficient (Wildman–Crippen LogP) is 4.40. The van der Waals surface area contributed by atoms with Gasteiger partial charge in [-0.15, -0.1) is 11.3 Å². The van der Waals surface area contributed by atoms with Crippen LogP contribution in [0.2, 0.25) is 0 Å². The van der Waals surface area contributed by atoms with Crippen molar-refractivity contribution in [2.45, 2.75) is 31.8 Å². The molecule has 1 amide bonds. The maximum Gasteiger partial charge on any atom is 0.264 e. The summed E-state index contributed by atoms with van der Waals surface area (Å²) < 4.78 is 6.80. The summed E-state index contributed by atoms with van der Waals surface area (Å²) in [5.74, 6) is -0.733. The molecule has 0 radical (unpaired) electrons. The lowest BCUT2D eigenvalue weighted by Gasteiger charge is -2.33. The average molecular weight is 480 g/mol. The van der Waals surface area contributed by atoms with E-state index in [1.807, 2.05) is 29.6 Å². The number of thiazole rings is 1. The normalized spacial score (nSPS) is 22.2. The van der Waals surface area contributed by atoms with Gasteiger partial charge in [-0.05, 0) is 54.0 Å². The highest BCUT2D eigenvalue weighted by Gasteiger charge is 2.39. The van der Waals surface area contributed by atoms with Crippen LogP contribution < -0.4 is 5.32 Å². The van der Waals surface area contributed by atoms with Gasteiger partial charge < -0.3 is 4.74 Å². The van der Waals surface area contributed by atoms with Crippen LogP contribution in [0.25, 0.3) is 11.3 Å². The molecule has 1 N–H and O–H groups in total. The Balaban J connectivity index is 1.47. The van der Waals surface area contributed by atoms with Crippen molar-refractivity contribution in [3.05, 3.63) is 45.1 Å². The van der Waals surface area contributed by atoms with Crippen molar-refractivity contribution < 1.29 is 14.3 Å². The lowest BCUT2D eigenvalue weighted by molar-refractivity contribution is -0.129. The second kappa shape index (κ2) is 7.48. The minimum absolute atomic E-state index is 0.0693. The number of benzene rings is 1. The SMILES string of the molecule is O=C(Nc1nc(-c2ccc(I)cc2)cs1)C1=COC2CCCCC2C1=O. The van der Waals surface area contributed by atoms with Gasteiger partial charge >= 0.3 is 0 Å². The van der Waals surface area contributed by atoms with Crippen LogP contribution in [0.4, 0.5) is 5.13 Å². The Kier molecular flexibility index (Phi) is 5.08. The fourth-order valence-corrected chi connectivity index (χ4v) is 4.46. The summed E-state index contributed by atoms with van der Waals surface area (Å²) in [5.41, 5.74) is 1.89. The molecule has 5 nitrogen and oxygen atoms in total. The summed E-state index contributed by atoms with van der Waals surface area (Å²) in [6, 6.07) is 8.01. The summed E-state index contributed by atoms with van der Waals surface area (Å²) >= 11 is 3.59. The van der Waals surface area contributed by atoms with Crippen LogP contribution in [0.1, 0.15) is 25.7 Å². The van der Waals surface area contributed by atoms with Crippen LogP contribution in [0, 0.1) is 9.49 Å². The van der Waals surface area contributed by atoms with Crippen LogP contribution in [0.15, 0.2) is 41.5 Å². The number of anilines is 1. The number of aromatic nitrogens is 1. The van der Waals surface area contributed by atoms with E-state index in [0.29, 0.717) is 5.13 Å². The molecule has 0 spiro atoms. The highest BCUT2D eigenvalue weighted by atomic mass is 127. The Morgan fingerprint density at radius 1 is 1.23 bits per heavy atom. The molecule has 7 heteroatoms. The van der Waals surface area contributed by atoms with E-state index in [1.165, 1.54) is 17.6 Å². The minimum Gasteiger partial charge on any atom is -0.496 e. The van der Waals surface area contributed by atoms with Gasteiger partial charge in [0.2, 0.25) is 0 Å². The molecule has 2 atom stereocenters. The maximum absolute atomic E-state index is 12.6. The smallest absolute Gasteiger partial charge is 0.264 e. The Morgan fingerprint density at radius 3 is 2.81 bits per heavy atom. The summed E-state index contributed by atoms with van der Waals surface area (Å²) in [5, 5.41) is 5.10. The first-order valence-electron chi connectivity index (χ1n) is 8.54. The van der Waals surface area contributed by atoms with Gasteiger partial charge in [-0.1, -0.05) is 18.6 Å². The molecule has 0 bridgehead atoms. The number of hydrogen-bond acceptors (Lipinski definition) is 5. The summed E-state index contributed by atoms with van der Waals surface area (Å²) in [7, 11) is 0. The van der Waals surface area contributed by atoms with Gasteiger partial charge in [-0.25, -0.2) is 4.98 Å². The molecule has 2 heterocycles. The van der Waals surface area contributed by atoms with E-state index >= 15 is 0 Å². The molecule has 4 rings (SSSR count). The molecule has 1 saturated carbocycles. The van der Waals surface area contributed by atoms with Crippen molar-refractivity contribution in [3.8, 4) is 11.3 Å². The molecule has 2 aliphatic rings. The Hall–Kier alpha value is -1.74. The van der Waals surface area contributed by atoms with Crippen LogP contribution in [0.5, 0.6) is 0 Å². The van der Waals surface area contributed by atoms with Gasteiger partial charge in [0.25, 0.3) is 5.91 Å². The summed E-state index contributed by atoms with van der Waals surface area (Å²) in [6.45, 7) is 0. The van der Waals surface area contributed by atoms with Gasteiger partial charge in [0, 0.05) is 14.5 Å². The monoisotopic (exact) mass is 480 g/mol. The average Bonchev–Trinajstić information content (AvgIpc) is 3.11. The standard InChI is InChI=1S/C19H17IN2O3S/c20-12-7-5-11(6-8-12)15-10-26-19(21-15)22-18(24)14-9-25-16-4-2-1-3-13(16)17(14)23/h5-10,13,16H,1-4H2,(H,21,22,24). The zero-order valence-corrected chi connectivity index (χ0v) is 16.9. The molecule has 1 aromatic heterocycles. The zero-order chi connectivity index (χ0) is 18.1. The minimum atomic E-state index is -0.442. The van der Waals surface area contributed by atoms with Gasteiger partial charge in [0.05, 0.1) is 17.9 Å². The number of nitrogens with one attached hydrogen (secondary N) is 1. The second-order valence-corrected chi connectivity index (χ2v) is 8.56. The number of carbonyl (C=O) groups is 2. The third-order valence-electron chi connectivity index (χ3n) is 4.77. The molecule has 0 saturated heterocycles. The number of ketones is 1. The number of rotatable bonds is 3. The van der Waals surface area contributed by atoms with Gasteiger partial charge in [0.1, 0.15) is 11.7 Å². The van der Waals surface area contributed by atoms with Crippen LogP contribution in [-0.2, 0) is 14.3 Å². The van der Waals surface area contributed by atoms with E-state index in [1.54, 1.807) is 0 Å². The topological polar surface area (TPSA) is 68.3 Å². The van der Waals surface area contributed by atoms with Gasteiger partial charge in [0.15, 0.2) is 10.9 Å². The van der Waals surface area contributed by atoms with E-state index in [-0.39, 0.29) is 23.4 Å². The van der Waals surface area contributed by atoms with E-state index in [2.05, 4.69) is 32.9 Å². The maximum atomic E-state index is 12.6. The fourth-order valence-electron chi connectivity index (χ4n) is 3.39. The molecule has 26 heavy (non-hydrogen) atoms. The summed E-state index contributed by atoms with van der Waals surface area (Å²) in [4.78, 5) is 29.6. The lowest BCUT2D eigenvalue weighted by Crippen LogP contribution is -2.39. The first kappa shape index (κ1) is 17.7. The molecular weight excluding hydrogens is 463 g/mol. The van der Waals surface area contributed by atoms with E-state index in [9.17, 15) is 9.59 Å². The second-order valence-electron chi connectivity index (χ2n) is 6.46. The number of hydrogen-bond donors (Lipinski definition) is 1. The summed E-state index contributed by atoms with van der Waals surface area (Å²) in [6.07, 6.45) is 5.02. The quantitative estimate of drug-likeness (QED) is 0.523. The number of amides is 1.